The van der Waals surface area contributed by atoms with Gasteiger partial charge in [-0.05, 0) is 11.5 Å². The van der Waals surface area contributed by atoms with Gasteiger partial charge >= 0.3 is 0 Å². The number of nitrogens with zero attached hydrogens (tertiary/aromatic N) is 4. The Bertz CT molecular complexity index is 394. The second-order valence-corrected chi connectivity index (χ2v) is 3.09. The summed E-state index contributed by atoms with van der Waals surface area (Å²) in [4.78, 5) is 14.2. The third-order valence-corrected chi connectivity index (χ3v) is 2.08. The largest absolute Gasteiger partial charge is 0.331 e. The molecule has 6 heteroatoms. The quantitative estimate of drug-likeness (QED) is 0.671. The van der Waals surface area contributed by atoms with E-state index < -0.39 is 0 Å². The van der Waals surface area contributed by atoms with Crippen LogP contribution in [0.1, 0.15) is 16.2 Å². The lowest BCUT2D eigenvalue weighted by molar-refractivity contribution is 0.111. The van der Waals surface area contributed by atoms with Gasteiger partial charge in [0, 0.05) is 11.6 Å². The van der Waals surface area contributed by atoms with E-state index in [4.69, 9.17) is 0 Å². The summed E-state index contributed by atoms with van der Waals surface area (Å²) in [7, 11) is 0. The van der Waals surface area contributed by atoms with E-state index in [0.717, 1.165) is 12.0 Å². The number of carbonyl (C=O) groups excluding carboxylic acids is 1. The highest BCUT2D eigenvalue weighted by atomic mass is 32.1. The molecular formula is C7H6N4OS. The minimum atomic E-state index is 0.434. The molecule has 2 aromatic rings. The van der Waals surface area contributed by atoms with Gasteiger partial charge in [0.15, 0.2) is 6.29 Å². The van der Waals surface area contributed by atoms with Crippen LogP contribution in [-0.2, 0) is 6.54 Å². The molecule has 0 N–H and O–H groups in total. The third kappa shape index (κ3) is 1.78. The van der Waals surface area contributed by atoms with Crippen LogP contribution in [0.15, 0.2) is 17.9 Å². The first-order valence-corrected chi connectivity index (χ1v) is 4.45. The number of imidazole rings is 1. The third-order valence-electron chi connectivity index (χ3n) is 1.52. The smallest absolute Gasteiger partial charge is 0.169 e. The highest BCUT2D eigenvalue weighted by molar-refractivity contribution is 7.03. The van der Waals surface area contributed by atoms with Gasteiger partial charge in [-0.25, -0.2) is 4.98 Å². The molecule has 0 fully saturated rings. The molecule has 0 radical (unpaired) electrons. The Kier molecular flexibility index (Phi) is 2.13. The topological polar surface area (TPSA) is 60.7 Å². The van der Waals surface area contributed by atoms with Gasteiger partial charge in [0.2, 0.25) is 0 Å². The fourth-order valence-electron chi connectivity index (χ4n) is 0.965. The molecule has 0 atom stereocenters. The number of hydrogen-bond donors (Lipinski definition) is 0. The molecule has 66 valence electrons. The highest BCUT2D eigenvalue weighted by Gasteiger charge is 1.99. The average Bonchev–Trinajstić information content (AvgIpc) is 2.76. The van der Waals surface area contributed by atoms with E-state index in [2.05, 4.69) is 14.6 Å². The zero-order valence-electron chi connectivity index (χ0n) is 6.62. The lowest BCUT2D eigenvalue weighted by Gasteiger charge is -1.94. The molecule has 0 bridgehead atoms. The monoisotopic (exact) mass is 194 g/mol. The highest BCUT2D eigenvalue weighted by Crippen LogP contribution is 2.01. The van der Waals surface area contributed by atoms with Gasteiger partial charge in [-0.2, -0.15) is 0 Å². The second-order valence-electron chi connectivity index (χ2n) is 2.48. The number of carbonyl (C=O) groups is 1. The zero-order chi connectivity index (χ0) is 9.10. The Morgan fingerprint density at radius 1 is 1.62 bits per heavy atom. The standard InChI is InChI=1S/C7H6N4OS/c12-3-6-1-11(5-8-6)2-7-4-13-10-9-7/h1,3-5H,2H2. The first-order chi connectivity index (χ1) is 6.38. The van der Waals surface area contributed by atoms with E-state index in [-0.39, 0.29) is 0 Å². The van der Waals surface area contributed by atoms with E-state index >= 15 is 0 Å². The molecule has 2 rings (SSSR count). The molecule has 5 nitrogen and oxygen atoms in total. The van der Waals surface area contributed by atoms with E-state index in [1.165, 1.54) is 11.5 Å². The molecule has 0 unspecified atom stereocenters. The van der Waals surface area contributed by atoms with Gasteiger partial charge < -0.3 is 4.57 Å². The molecule has 0 aliphatic rings. The van der Waals surface area contributed by atoms with Crippen molar-refractivity contribution in [1.82, 2.24) is 19.1 Å². The van der Waals surface area contributed by atoms with Gasteiger partial charge in [0.1, 0.15) is 5.69 Å². The van der Waals surface area contributed by atoms with E-state index in [0.29, 0.717) is 12.2 Å². The van der Waals surface area contributed by atoms with Crippen LogP contribution in [0.25, 0.3) is 0 Å². The predicted molar refractivity (Wildman–Crippen MR) is 46.6 cm³/mol. The van der Waals surface area contributed by atoms with E-state index in [1.807, 2.05) is 5.38 Å². The molecule has 0 saturated heterocycles. The first-order valence-electron chi connectivity index (χ1n) is 3.61. The van der Waals surface area contributed by atoms with Crippen LogP contribution >= 0.6 is 11.5 Å². The Morgan fingerprint density at radius 2 is 2.54 bits per heavy atom. The van der Waals surface area contributed by atoms with Crippen LogP contribution in [0.5, 0.6) is 0 Å². The van der Waals surface area contributed by atoms with E-state index in [1.54, 1.807) is 17.1 Å². The molecule has 2 aromatic heterocycles. The normalized spacial score (nSPS) is 10.2. The minimum absolute atomic E-state index is 0.434. The van der Waals surface area contributed by atoms with Gasteiger partial charge in [-0.15, -0.1) is 5.10 Å². The summed E-state index contributed by atoms with van der Waals surface area (Å²) in [6.45, 7) is 0.608. The fraction of sp³-hybridized carbons (Fsp3) is 0.143. The van der Waals surface area contributed by atoms with Crippen LogP contribution in [0.2, 0.25) is 0 Å². The van der Waals surface area contributed by atoms with Crippen molar-refractivity contribution in [3.05, 3.63) is 29.3 Å². The molecule has 0 spiro atoms. The van der Waals surface area contributed by atoms with Crippen LogP contribution < -0.4 is 0 Å². The van der Waals surface area contributed by atoms with Crippen LogP contribution in [0.4, 0.5) is 0 Å². The van der Waals surface area contributed by atoms with Gasteiger partial charge in [0.25, 0.3) is 0 Å². The molecule has 2 heterocycles. The summed E-state index contributed by atoms with van der Waals surface area (Å²) < 4.78 is 5.53. The SMILES string of the molecule is O=Cc1cn(Cc2csnn2)cn1. The van der Waals surface area contributed by atoms with Crippen molar-refractivity contribution in [3.63, 3.8) is 0 Å². The molecule has 0 aliphatic carbocycles. The molecule has 0 saturated carbocycles. The summed E-state index contributed by atoms with van der Waals surface area (Å²) >= 11 is 1.31. The second kappa shape index (κ2) is 3.44. The van der Waals surface area contributed by atoms with Crippen LogP contribution in [-0.4, -0.2) is 25.4 Å². The Balaban J connectivity index is 2.14. The summed E-state index contributed by atoms with van der Waals surface area (Å²) in [6, 6.07) is 0. The maximum absolute atomic E-state index is 10.3. The number of rotatable bonds is 3. The van der Waals surface area contributed by atoms with Gasteiger partial charge in [-0.1, -0.05) is 4.49 Å². The lowest BCUT2D eigenvalue weighted by atomic mass is 10.5. The van der Waals surface area contributed by atoms with Gasteiger partial charge in [0.05, 0.1) is 18.6 Å². The van der Waals surface area contributed by atoms with Crippen molar-refractivity contribution in [2.75, 3.05) is 0 Å². The predicted octanol–water partition coefficient (Wildman–Crippen LogP) is 0.595. The summed E-state index contributed by atoms with van der Waals surface area (Å²) in [5, 5.41) is 5.74. The Hall–Kier alpha value is -1.56. The van der Waals surface area contributed by atoms with Gasteiger partial charge in [-0.3, -0.25) is 4.79 Å². The molecule has 0 aromatic carbocycles. The minimum Gasteiger partial charge on any atom is -0.331 e. The average molecular weight is 194 g/mol. The Labute approximate surface area is 78.2 Å². The van der Waals surface area contributed by atoms with E-state index in [9.17, 15) is 4.79 Å². The molecular weight excluding hydrogens is 188 g/mol. The fourth-order valence-corrected chi connectivity index (χ4v) is 1.41. The van der Waals surface area contributed by atoms with Crippen molar-refractivity contribution in [1.29, 1.82) is 0 Å². The van der Waals surface area contributed by atoms with Crippen molar-refractivity contribution < 1.29 is 4.79 Å². The van der Waals surface area contributed by atoms with Crippen LogP contribution in [0.3, 0.4) is 0 Å². The summed E-state index contributed by atoms with van der Waals surface area (Å²) in [5.41, 5.74) is 1.31. The molecule has 0 amide bonds. The molecule has 0 aliphatic heterocycles. The Morgan fingerprint density at radius 3 is 3.15 bits per heavy atom. The molecule has 13 heavy (non-hydrogen) atoms. The van der Waals surface area contributed by atoms with Crippen molar-refractivity contribution in [3.8, 4) is 0 Å². The number of hydrogen-bond acceptors (Lipinski definition) is 5. The van der Waals surface area contributed by atoms with Crippen molar-refractivity contribution in [2.45, 2.75) is 6.54 Å². The maximum Gasteiger partial charge on any atom is 0.169 e. The van der Waals surface area contributed by atoms with Crippen LogP contribution in [0, 0.1) is 0 Å². The van der Waals surface area contributed by atoms with Crippen molar-refractivity contribution >= 4 is 17.8 Å². The maximum atomic E-state index is 10.3. The zero-order valence-corrected chi connectivity index (χ0v) is 7.44. The first kappa shape index (κ1) is 8.06. The summed E-state index contributed by atoms with van der Waals surface area (Å²) in [6.07, 6.45) is 3.99. The lowest BCUT2D eigenvalue weighted by Crippen LogP contribution is -1.96. The van der Waals surface area contributed by atoms with Crippen molar-refractivity contribution in [2.24, 2.45) is 0 Å². The summed E-state index contributed by atoms with van der Waals surface area (Å²) in [5.74, 6) is 0. The number of aromatic nitrogens is 4. The number of aldehydes is 1.